The van der Waals surface area contributed by atoms with Gasteiger partial charge in [-0.3, -0.25) is 9.59 Å². The second kappa shape index (κ2) is 46.4. The molecule has 0 amide bonds. The summed E-state index contributed by atoms with van der Waals surface area (Å²) in [7, 11) is 0. The van der Waals surface area contributed by atoms with Crippen molar-refractivity contribution in [2.45, 2.75) is 277 Å². The molecule has 0 rings (SSSR count). The molecule has 0 radical (unpaired) electrons. The van der Waals surface area contributed by atoms with Gasteiger partial charge in [0.2, 0.25) is 0 Å². The summed E-state index contributed by atoms with van der Waals surface area (Å²) in [6.07, 6.45) is 55.2. The monoisotopic (exact) mass is 781 g/mol. The van der Waals surface area contributed by atoms with E-state index in [9.17, 15) is 9.59 Å². The number of carbonyl (C=O) groups is 2. The van der Waals surface area contributed by atoms with Crippen molar-refractivity contribution >= 4 is 23.5 Å². The van der Waals surface area contributed by atoms with Crippen molar-refractivity contribution in [3.63, 3.8) is 0 Å². The highest BCUT2D eigenvalue weighted by Gasteiger charge is 2.13. The predicted molar refractivity (Wildman–Crippen MR) is 237 cm³/mol. The molecule has 0 aliphatic rings. The lowest BCUT2D eigenvalue weighted by atomic mass is 10.0. The van der Waals surface area contributed by atoms with Gasteiger partial charge in [0.15, 0.2) is 0 Å². The van der Waals surface area contributed by atoms with Gasteiger partial charge >= 0.3 is 11.9 Å². The van der Waals surface area contributed by atoms with E-state index in [0.717, 1.165) is 51.4 Å². The summed E-state index contributed by atoms with van der Waals surface area (Å²) in [5.41, 5.74) is 0. The third-order valence-corrected chi connectivity index (χ3v) is 11.3. The van der Waals surface area contributed by atoms with Crippen LogP contribution in [0.1, 0.15) is 271 Å². The molecule has 320 valence electrons. The minimum atomic E-state index is -0.274. The topological polar surface area (TPSA) is 52.6 Å². The lowest BCUT2D eigenvalue weighted by Gasteiger charge is -2.17. The van der Waals surface area contributed by atoms with Crippen LogP contribution < -0.4 is 0 Å². The van der Waals surface area contributed by atoms with Crippen molar-refractivity contribution in [2.24, 2.45) is 0 Å². The van der Waals surface area contributed by atoms with Crippen molar-refractivity contribution in [1.29, 1.82) is 0 Å². The highest BCUT2D eigenvalue weighted by Crippen LogP contribution is 2.19. The van der Waals surface area contributed by atoms with Crippen molar-refractivity contribution < 1.29 is 19.1 Å². The van der Waals surface area contributed by atoms with Gasteiger partial charge in [-0.15, -0.1) is 11.6 Å². The standard InChI is InChI=1S/C49H93ClO4/c1-3-5-7-9-11-13-15-16-17-18-19-20-21-22-23-25-27-32-36-40-44-48(51)53-45-41-37-33-29-28-31-35-39-43-47(54-49(52)46-50)42-38-34-30-26-24-14-12-10-8-6-4-2/h20-21,47H,3-19,22-46H2,1-2H3. The molecule has 0 bridgehead atoms. The molecule has 0 aromatic heterocycles. The highest BCUT2D eigenvalue weighted by atomic mass is 35.5. The molecule has 0 saturated carbocycles. The quantitative estimate of drug-likeness (QED) is 0.0267. The number of carbonyl (C=O) groups excluding carboxylic acids is 2. The van der Waals surface area contributed by atoms with E-state index in [1.807, 2.05) is 0 Å². The molecule has 0 fully saturated rings. The lowest BCUT2D eigenvalue weighted by Crippen LogP contribution is -2.19. The van der Waals surface area contributed by atoms with Gasteiger partial charge in [-0.2, -0.15) is 0 Å². The van der Waals surface area contributed by atoms with Crippen LogP contribution in [0.4, 0.5) is 0 Å². The van der Waals surface area contributed by atoms with Gasteiger partial charge in [-0.05, 0) is 64.2 Å². The third kappa shape index (κ3) is 43.7. The van der Waals surface area contributed by atoms with E-state index in [0.29, 0.717) is 13.0 Å². The molecule has 4 nitrogen and oxygen atoms in total. The zero-order chi connectivity index (χ0) is 39.3. The van der Waals surface area contributed by atoms with E-state index in [2.05, 4.69) is 26.0 Å². The SMILES string of the molecule is CCCCCCCCCCCCC=CCCCCCCCCC(=O)OCCCCCCCCCCC(CCCCCCCCCCCCC)OC(=O)CCl. The maximum Gasteiger partial charge on any atom is 0.321 e. The second-order valence-electron chi connectivity index (χ2n) is 16.5. The summed E-state index contributed by atoms with van der Waals surface area (Å²) < 4.78 is 11.1. The van der Waals surface area contributed by atoms with E-state index in [4.69, 9.17) is 21.1 Å². The van der Waals surface area contributed by atoms with Crippen LogP contribution in [0.2, 0.25) is 0 Å². The first-order valence-corrected chi connectivity index (χ1v) is 24.7. The van der Waals surface area contributed by atoms with Crippen LogP contribution in [0.3, 0.4) is 0 Å². The van der Waals surface area contributed by atoms with Gasteiger partial charge in [0.25, 0.3) is 0 Å². The minimum absolute atomic E-state index is 0.0129. The summed E-state index contributed by atoms with van der Waals surface area (Å²) in [5, 5.41) is 0. The zero-order valence-corrected chi connectivity index (χ0v) is 37.2. The Morgan fingerprint density at radius 2 is 0.759 bits per heavy atom. The van der Waals surface area contributed by atoms with E-state index in [1.54, 1.807) is 0 Å². The number of hydrogen-bond acceptors (Lipinski definition) is 4. The lowest BCUT2D eigenvalue weighted by molar-refractivity contribution is -0.147. The molecule has 0 aliphatic heterocycles. The average Bonchev–Trinajstić information content (AvgIpc) is 3.17. The number of ether oxygens (including phenoxy) is 2. The molecule has 0 saturated heterocycles. The van der Waals surface area contributed by atoms with Gasteiger partial charge in [-0.25, -0.2) is 0 Å². The first-order valence-electron chi connectivity index (χ1n) is 24.2. The molecule has 0 heterocycles. The Morgan fingerprint density at radius 1 is 0.426 bits per heavy atom. The Bertz CT molecular complexity index is 784. The molecule has 0 aromatic rings. The van der Waals surface area contributed by atoms with Crippen LogP contribution in [0.15, 0.2) is 12.2 Å². The van der Waals surface area contributed by atoms with Gasteiger partial charge in [0.1, 0.15) is 12.0 Å². The van der Waals surface area contributed by atoms with Crippen molar-refractivity contribution in [1.82, 2.24) is 0 Å². The summed E-state index contributed by atoms with van der Waals surface area (Å²) in [5.74, 6) is -0.336. The first-order chi connectivity index (χ1) is 26.6. The average molecular weight is 782 g/mol. The van der Waals surface area contributed by atoms with Gasteiger partial charge in [0.05, 0.1) is 6.61 Å². The van der Waals surface area contributed by atoms with E-state index < -0.39 is 0 Å². The number of alkyl halides is 1. The number of hydrogen-bond donors (Lipinski definition) is 0. The van der Waals surface area contributed by atoms with Crippen molar-refractivity contribution in [3.8, 4) is 0 Å². The maximum atomic E-state index is 12.1. The van der Waals surface area contributed by atoms with Crippen LogP contribution in [-0.2, 0) is 19.1 Å². The van der Waals surface area contributed by atoms with Crippen LogP contribution in [0.25, 0.3) is 0 Å². The number of halogens is 1. The van der Waals surface area contributed by atoms with Crippen molar-refractivity contribution in [3.05, 3.63) is 12.2 Å². The fourth-order valence-corrected chi connectivity index (χ4v) is 7.60. The molecular weight excluding hydrogens is 688 g/mol. The van der Waals surface area contributed by atoms with Crippen LogP contribution in [0.5, 0.6) is 0 Å². The maximum absolute atomic E-state index is 12.1. The smallest absolute Gasteiger partial charge is 0.321 e. The summed E-state index contributed by atoms with van der Waals surface area (Å²) in [6.45, 7) is 5.14. The summed E-state index contributed by atoms with van der Waals surface area (Å²) >= 11 is 5.72. The number of esters is 2. The van der Waals surface area contributed by atoms with E-state index in [-0.39, 0.29) is 23.9 Å². The summed E-state index contributed by atoms with van der Waals surface area (Å²) in [4.78, 5) is 23.9. The normalized spacial score (nSPS) is 12.1. The molecule has 0 aromatic carbocycles. The molecule has 54 heavy (non-hydrogen) atoms. The fraction of sp³-hybridized carbons (Fsp3) is 0.918. The third-order valence-electron chi connectivity index (χ3n) is 11.1. The number of allylic oxidation sites excluding steroid dienone is 2. The fourth-order valence-electron chi connectivity index (χ4n) is 7.53. The number of rotatable bonds is 45. The molecular formula is C49H93ClO4. The largest absolute Gasteiger partial charge is 0.466 e. The van der Waals surface area contributed by atoms with Crippen LogP contribution in [-0.4, -0.2) is 30.5 Å². The predicted octanol–water partition coefficient (Wildman–Crippen LogP) is 16.9. The Morgan fingerprint density at radius 3 is 1.15 bits per heavy atom. The highest BCUT2D eigenvalue weighted by molar-refractivity contribution is 6.26. The van der Waals surface area contributed by atoms with E-state index in [1.165, 1.54) is 199 Å². The minimum Gasteiger partial charge on any atom is -0.466 e. The van der Waals surface area contributed by atoms with Crippen LogP contribution in [0, 0.1) is 0 Å². The Labute approximate surface area is 342 Å². The molecule has 0 aliphatic carbocycles. The summed E-state index contributed by atoms with van der Waals surface area (Å²) in [6, 6.07) is 0. The molecule has 1 atom stereocenters. The van der Waals surface area contributed by atoms with Gasteiger partial charge < -0.3 is 9.47 Å². The zero-order valence-electron chi connectivity index (χ0n) is 36.4. The second-order valence-corrected chi connectivity index (χ2v) is 16.8. The Kier molecular flexibility index (Phi) is 45.5. The molecule has 1 unspecified atom stereocenters. The Balaban J connectivity index is 3.51. The van der Waals surface area contributed by atoms with Crippen LogP contribution >= 0.6 is 11.6 Å². The molecule has 0 spiro atoms. The van der Waals surface area contributed by atoms with Gasteiger partial charge in [-0.1, -0.05) is 212 Å². The Hall–Kier alpha value is -1.03. The number of unbranched alkanes of at least 4 members (excludes halogenated alkanes) is 33. The van der Waals surface area contributed by atoms with Crippen molar-refractivity contribution in [2.75, 3.05) is 12.5 Å². The first kappa shape index (κ1) is 53.0. The molecule has 0 N–H and O–H groups in total. The van der Waals surface area contributed by atoms with Gasteiger partial charge in [0, 0.05) is 6.42 Å². The van der Waals surface area contributed by atoms with E-state index >= 15 is 0 Å². The molecule has 5 heteroatoms.